The quantitative estimate of drug-likeness (QED) is 0.554. The van der Waals surface area contributed by atoms with Crippen molar-refractivity contribution < 1.29 is 27.1 Å². The van der Waals surface area contributed by atoms with Crippen molar-refractivity contribution in [1.29, 1.82) is 0 Å². The van der Waals surface area contributed by atoms with Crippen LogP contribution in [0, 0.1) is 5.82 Å². The van der Waals surface area contributed by atoms with Crippen LogP contribution in [-0.4, -0.2) is 39.6 Å². The van der Waals surface area contributed by atoms with E-state index in [9.17, 15) is 22.4 Å². The zero-order valence-electron chi connectivity index (χ0n) is 18.2. The summed E-state index contributed by atoms with van der Waals surface area (Å²) in [5.74, 6) is -1.00. The molecule has 3 aromatic carbocycles. The van der Waals surface area contributed by atoms with E-state index in [1.165, 1.54) is 35.7 Å². The highest BCUT2D eigenvalue weighted by Gasteiger charge is 2.28. The van der Waals surface area contributed by atoms with E-state index in [0.29, 0.717) is 41.3 Å². The minimum absolute atomic E-state index is 0.116. The second kappa shape index (κ2) is 9.52. The Morgan fingerprint density at radius 2 is 1.68 bits per heavy atom. The molecule has 1 heterocycles. The molecule has 2 amide bonds. The molecule has 10 heteroatoms. The Balaban J connectivity index is 1.49. The van der Waals surface area contributed by atoms with Gasteiger partial charge < -0.3 is 15.4 Å². The van der Waals surface area contributed by atoms with Gasteiger partial charge in [-0.05, 0) is 67.1 Å². The van der Waals surface area contributed by atoms with Gasteiger partial charge in [-0.2, -0.15) is 0 Å². The van der Waals surface area contributed by atoms with Crippen molar-refractivity contribution in [2.45, 2.75) is 6.42 Å². The summed E-state index contributed by atoms with van der Waals surface area (Å²) < 4.78 is 44.2. The van der Waals surface area contributed by atoms with Gasteiger partial charge in [0.05, 0.1) is 24.2 Å². The number of halogens is 1. The lowest BCUT2D eigenvalue weighted by Gasteiger charge is -2.17. The van der Waals surface area contributed by atoms with Crippen molar-refractivity contribution in [3.63, 3.8) is 0 Å². The van der Waals surface area contributed by atoms with Gasteiger partial charge in [0.25, 0.3) is 11.8 Å². The third-order valence-electron chi connectivity index (χ3n) is 5.31. The van der Waals surface area contributed by atoms with Crippen LogP contribution in [0.4, 0.5) is 21.5 Å². The number of nitrogens with zero attached hydrogens (tertiary/aromatic N) is 1. The first kappa shape index (κ1) is 23.2. The number of benzene rings is 3. The van der Waals surface area contributed by atoms with Crippen molar-refractivity contribution in [2.75, 3.05) is 34.3 Å². The highest BCUT2D eigenvalue weighted by molar-refractivity contribution is 7.93. The van der Waals surface area contributed by atoms with Gasteiger partial charge in [-0.1, -0.05) is 6.07 Å². The standard InChI is InChI=1S/C24H22FN3O5S/c1-33-22-11-8-19(15-21(22)27-24(30)17-4-2-5-18(25)14-17)26-23(29)16-6-9-20(10-7-16)28-12-3-13-34(28,31)32/h2,4-11,14-15H,3,12-13H2,1H3,(H,26,29)(H,27,30). The van der Waals surface area contributed by atoms with Crippen LogP contribution in [0.15, 0.2) is 66.7 Å². The van der Waals surface area contributed by atoms with Gasteiger partial charge >= 0.3 is 0 Å². The van der Waals surface area contributed by atoms with Crippen LogP contribution < -0.4 is 19.7 Å². The lowest BCUT2D eigenvalue weighted by Crippen LogP contribution is -2.25. The first-order valence-electron chi connectivity index (χ1n) is 10.4. The van der Waals surface area contributed by atoms with Gasteiger partial charge in [0.1, 0.15) is 11.6 Å². The predicted molar refractivity (Wildman–Crippen MR) is 127 cm³/mol. The summed E-state index contributed by atoms with van der Waals surface area (Å²) in [6.45, 7) is 0.420. The van der Waals surface area contributed by atoms with Crippen molar-refractivity contribution in [3.05, 3.63) is 83.7 Å². The fraction of sp³-hybridized carbons (Fsp3) is 0.167. The maximum atomic E-state index is 13.4. The fourth-order valence-electron chi connectivity index (χ4n) is 3.62. The van der Waals surface area contributed by atoms with Gasteiger partial charge in [0.2, 0.25) is 10.0 Å². The summed E-state index contributed by atoms with van der Waals surface area (Å²) in [4.78, 5) is 25.2. The number of amides is 2. The Morgan fingerprint density at radius 1 is 0.941 bits per heavy atom. The summed E-state index contributed by atoms with van der Waals surface area (Å²) in [6.07, 6.45) is 0.570. The molecule has 0 spiro atoms. The Bertz CT molecular complexity index is 1340. The van der Waals surface area contributed by atoms with Gasteiger partial charge in [-0.15, -0.1) is 0 Å². The molecule has 1 saturated heterocycles. The summed E-state index contributed by atoms with van der Waals surface area (Å²) in [5.41, 5.74) is 1.68. The number of hydrogen-bond acceptors (Lipinski definition) is 5. The third kappa shape index (κ3) is 5.01. The van der Waals surface area contributed by atoms with E-state index in [4.69, 9.17) is 4.74 Å². The lowest BCUT2D eigenvalue weighted by molar-refractivity contribution is 0.101. The van der Waals surface area contributed by atoms with Crippen LogP contribution in [0.2, 0.25) is 0 Å². The van der Waals surface area contributed by atoms with E-state index >= 15 is 0 Å². The van der Waals surface area contributed by atoms with E-state index in [2.05, 4.69) is 10.6 Å². The zero-order chi connectivity index (χ0) is 24.3. The summed E-state index contributed by atoms with van der Waals surface area (Å²) in [6, 6.07) is 16.3. The molecule has 1 aliphatic rings. The second-order valence-electron chi connectivity index (χ2n) is 7.62. The number of carbonyl (C=O) groups excluding carboxylic acids is 2. The number of ether oxygens (including phenoxy) is 1. The first-order valence-corrected chi connectivity index (χ1v) is 12.0. The lowest BCUT2D eigenvalue weighted by atomic mass is 10.1. The van der Waals surface area contributed by atoms with Crippen LogP contribution in [0.1, 0.15) is 27.1 Å². The smallest absolute Gasteiger partial charge is 0.255 e. The summed E-state index contributed by atoms with van der Waals surface area (Å²) in [5, 5.41) is 5.40. The summed E-state index contributed by atoms with van der Waals surface area (Å²) >= 11 is 0. The Kier molecular flexibility index (Phi) is 6.51. The monoisotopic (exact) mass is 483 g/mol. The number of nitrogens with one attached hydrogen (secondary N) is 2. The molecular formula is C24H22FN3O5S. The molecule has 0 atom stereocenters. The number of methoxy groups -OCH3 is 1. The zero-order valence-corrected chi connectivity index (χ0v) is 19.1. The molecule has 8 nitrogen and oxygen atoms in total. The van der Waals surface area contributed by atoms with E-state index < -0.39 is 27.7 Å². The molecule has 0 radical (unpaired) electrons. The number of hydrogen-bond donors (Lipinski definition) is 2. The Hall–Kier alpha value is -3.92. The number of carbonyl (C=O) groups is 2. The minimum atomic E-state index is -3.30. The van der Waals surface area contributed by atoms with E-state index in [1.54, 1.807) is 36.4 Å². The molecule has 1 fully saturated rings. The van der Waals surface area contributed by atoms with Crippen molar-refractivity contribution in [2.24, 2.45) is 0 Å². The average Bonchev–Trinajstić information content (AvgIpc) is 3.18. The molecule has 0 aromatic heterocycles. The third-order valence-corrected chi connectivity index (χ3v) is 7.18. The van der Waals surface area contributed by atoms with Gasteiger partial charge in [-0.3, -0.25) is 13.9 Å². The molecule has 0 bridgehead atoms. The van der Waals surface area contributed by atoms with Crippen molar-refractivity contribution in [3.8, 4) is 5.75 Å². The molecule has 2 N–H and O–H groups in total. The number of anilines is 3. The number of rotatable bonds is 6. The van der Waals surface area contributed by atoms with Gasteiger partial charge in [0, 0.05) is 23.4 Å². The van der Waals surface area contributed by atoms with Gasteiger partial charge in [-0.25, -0.2) is 12.8 Å². The van der Waals surface area contributed by atoms with Crippen molar-refractivity contribution in [1.82, 2.24) is 0 Å². The van der Waals surface area contributed by atoms with Crippen LogP contribution in [-0.2, 0) is 10.0 Å². The van der Waals surface area contributed by atoms with Crippen LogP contribution >= 0.6 is 0 Å². The van der Waals surface area contributed by atoms with Crippen molar-refractivity contribution >= 4 is 38.9 Å². The van der Waals surface area contributed by atoms with E-state index in [1.807, 2.05) is 0 Å². The molecular weight excluding hydrogens is 461 g/mol. The van der Waals surface area contributed by atoms with Gasteiger partial charge in [0.15, 0.2) is 0 Å². The highest BCUT2D eigenvalue weighted by atomic mass is 32.2. The molecule has 1 aliphatic heterocycles. The molecule has 34 heavy (non-hydrogen) atoms. The molecule has 0 aliphatic carbocycles. The molecule has 0 unspecified atom stereocenters. The molecule has 176 valence electrons. The van der Waals surface area contributed by atoms with E-state index in [0.717, 1.165) is 6.07 Å². The topological polar surface area (TPSA) is 105 Å². The SMILES string of the molecule is COc1ccc(NC(=O)c2ccc(N3CCCS3(=O)=O)cc2)cc1NC(=O)c1cccc(F)c1. The van der Waals surface area contributed by atoms with Crippen LogP contribution in [0.25, 0.3) is 0 Å². The molecule has 3 aromatic rings. The molecule has 4 rings (SSSR count). The van der Waals surface area contributed by atoms with E-state index in [-0.39, 0.29) is 11.3 Å². The second-order valence-corrected chi connectivity index (χ2v) is 9.64. The average molecular weight is 484 g/mol. The van der Waals surface area contributed by atoms with Crippen LogP contribution in [0.3, 0.4) is 0 Å². The maximum absolute atomic E-state index is 13.4. The minimum Gasteiger partial charge on any atom is -0.495 e. The number of sulfonamides is 1. The first-order chi connectivity index (χ1) is 16.3. The Morgan fingerprint density at radius 3 is 2.32 bits per heavy atom. The fourth-order valence-corrected chi connectivity index (χ4v) is 5.18. The Labute approximate surface area is 196 Å². The summed E-state index contributed by atoms with van der Waals surface area (Å²) in [7, 11) is -1.86. The highest BCUT2D eigenvalue weighted by Crippen LogP contribution is 2.29. The molecule has 0 saturated carbocycles. The van der Waals surface area contributed by atoms with Crippen LogP contribution in [0.5, 0.6) is 5.75 Å². The maximum Gasteiger partial charge on any atom is 0.255 e. The normalized spacial score (nSPS) is 14.5. The largest absolute Gasteiger partial charge is 0.495 e. The predicted octanol–water partition coefficient (Wildman–Crippen LogP) is 3.88.